The second-order valence-electron chi connectivity index (χ2n) is 4.86. The van der Waals surface area contributed by atoms with E-state index >= 15 is 0 Å². The third kappa shape index (κ3) is 3.92. The van der Waals surface area contributed by atoms with Crippen molar-refractivity contribution in [2.75, 3.05) is 13.2 Å². The van der Waals surface area contributed by atoms with Crippen molar-refractivity contribution in [2.45, 2.75) is 32.2 Å². The van der Waals surface area contributed by atoms with Crippen LogP contribution in [0.2, 0.25) is 0 Å². The molecule has 2 N–H and O–H groups in total. The number of amides is 1. The van der Waals surface area contributed by atoms with Crippen LogP contribution in [0.15, 0.2) is 18.2 Å². The molecule has 1 saturated carbocycles. The fourth-order valence-electron chi connectivity index (χ4n) is 2.23. The topological polar surface area (TPSA) is 71.5 Å². The van der Waals surface area contributed by atoms with E-state index in [9.17, 15) is 4.79 Å². The minimum atomic E-state index is -0.0254. The molecule has 104 valence electrons. The summed E-state index contributed by atoms with van der Waals surface area (Å²) < 4.78 is 5.30. The lowest BCUT2D eigenvalue weighted by Crippen LogP contribution is -2.45. The highest BCUT2D eigenvalue weighted by Crippen LogP contribution is 2.26. The number of aliphatic hydroxyl groups is 1. The molecule has 1 aromatic heterocycles. The van der Waals surface area contributed by atoms with Gasteiger partial charge in [0.1, 0.15) is 0 Å². The average molecular weight is 264 g/mol. The lowest BCUT2D eigenvalue weighted by molar-refractivity contribution is -0.122. The second kappa shape index (κ2) is 6.52. The molecule has 0 radical (unpaired) electrons. The summed E-state index contributed by atoms with van der Waals surface area (Å²) in [6.07, 6.45) is 2.00. The molecular formula is C14H20N2O3. The van der Waals surface area contributed by atoms with E-state index in [0.717, 1.165) is 12.8 Å². The molecule has 0 aromatic carbocycles. The monoisotopic (exact) mass is 264 g/mol. The molecule has 1 aliphatic rings. The van der Waals surface area contributed by atoms with Crippen molar-refractivity contribution in [1.29, 1.82) is 0 Å². The molecule has 1 aromatic rings. The van der Waals surface area contributed by atoms with Crippen LogP contribution in [0.4, 0.5) is 0 Å². The van der Waals surface area contributed by atoms with Crippen molar-refractivity contribution in [3.05, 3.63) is 23.9 Å². The van der Waals surface area contributed by atoms with E-state index in [0.29, 0.717) is 24.1 Å². The minimum absolute atomic E-state index is 0.0254. The number of hydrogen-bond acceptors (Lipinski definition) is 4. The maximum absolute atomic E-state index is 11.8. The predicted molar refractivity (Wildman–Crippen MR) is 70.9 cm³/mol. The number of aliphatic hydroxyl groups excluding tert-OH is 1. The van der Waals surface area contributed by atoms with Gasteiger partial charge in [-0.2, -0.15) is 0 Å². The van der Waals surface area contributed by atoms with Gasteiger partial charge in [-0.1, -0.05) is 6.07 Å². The second-order valence-corrected chi connectivity index (χ2v) is 4.86. The van der Waals surface area contributed by atoms with Crippen LogP contribution in [0.1, 0.15) is 25.5 Å². The van der Waals surface area contributed by atoms with Crippen LogP contribution in [-0.4, -0.2) is 35.3 Å². The summed E-state index contributed by atoms with van der Waals surface area (Å²) in [7, 11) is 0. The van der Waals surface area contributed by atoms with Crippen molar-refractivity contribution in [1.82, 2.24) is 10.3 Å². The number of nitrogens with zero attached hydrogens (tertiary/aromatic N) is 1. The van der Waals surface area contributed by atoms with Crippen LogP contribution in [-0.2, 0) is 11.2 Å². The van der Waals surface area contributed by atoms with Gasteiger partial charge in [0, 0.05) is 18.7 Å². The molecule has 0 atom stereocenters. The first kappa shape index (κ1) is 13.8. The third-order valence-electron chi connectivity index (χ3n) is 3.27. The Balaban J connectivity index is 1.80. The van der Waals surface area contributed by atoms with Crippen LogP contribution >= 0.6 is 0 Å². The Bertz CT molecular complexity index is 430. The van der Waals surface area contributed by atoms with Crippen molar-refractivity contribution >= 4 is 5.91 Å². The van der Waals surface area contributed by atoms with Crippen LogP contribution in [0.3, 0.4) is 0 Å². The van der Waals surface area contributed by atoms with Gasteiger partial charge in [0.25, 0.3) is 0 Å². The molecule has 0 aliphatic heterocycles. The van der Waals surface area contributed by atoms with Crippen molar-refractivity contribution in [3.63, 3.8) is 0 Å². The number of rotatable bonds is 6. The first-order chi connectivity index (χ1) is 9.21. The van der Waals surface area contributed by atoms with E-state index in [2.05, 4.69) is 10.3 Å². The Hall–Kier alpha value is -1.62. The zero-order valence-electron chi connectivity index (χ0n) is 11.1. The molecule has 0 bridgehead atoms. The smallest absolute Gasteiger partial charge is 0.226 e. The summed E-state index contributed by atoms with van der Waals surface area (Å²) in [6, 6.07) is 5.65. The molecule has 0 saturated heterocycles. The SMILES string of the molecule is CCOc1cccc(CC(=O)NC2CC(CO)C2)n1. The van der Waals surface area contributed by atoms with E-state index in [1.165, 1.54) is 0 Å². The van der Waals surface area contributed by atoms with Crippen molar-refractivity contribution < 1.29 is 14.6 Å². The van der Waals surface area contributed by atoms with Gasteiger partial charge in [-0.3, -0.25) is 4.79 Å². The van der Waals surface area contributed by atoms with E-state index in [-0.39, 0.29) is 25.0 Å². The Labute approximate surface area is 113 Å². The molecule has 1 heterocycles. The number of carbonyl (C=O) groups is 1. The Morgan fingerprint density at radius 1 is 1.53 bits per heavy atom. The van der Waals surface area contributed by atoms with Gasteiger partial charge in [-0.05, 0) is 31.7 Å². The molecule has 2 rings (SSSR count). The molecule has 1 amide bonds. The van der Waals surface area contributed by atoms with Crippen LogP contribution < -0.4 is 10.1 Å². The van der Waals surface area contributed by atoms with Crippen molar-refractivity contribution in [3.8, 4) is 5.88 Å². The van der Waals surface area contributed by atoms with Gasteiger partial charge in [-0.15, -0.1) is 0 Å². The number of hydrogen-bond donors (Lipinski definition) is 2. The first-order valence-electron chi connectivity index (χ1n) is 6.70. The molecule has 0 unspecified atom stereocenters. The summed E-state index contributed by atoms with van der Waals surface area (Å²) in [4.78, 5) is 16.1. The van der Waals surface area contributed by atoms with Crippen molar-refractivity contribution in [2.24, 2.45) is 5.92 Å². The first-order valence-corrected chi connectivity index (χ1v) is 6.70. The van der Waals surface area contributed by atoms with E-state index < -0.39 is 0 Å². The highest BCUT2D eigenvalue weighted by atomic mass is 16.5. The van der Waals surface area contributed by atoms with Gasteiger partial charge >= 0.3 is 0 Å². The van der Waals surface area contributed by atoms with Crippen LogP contribution in [0.5, 0.6) is 5.88 Å². The number of aromatic nitrogens is 1. The quantitative estimate of drug-likeness (QED) is 0.801. The fraction of sp³-hybridized carbons (Fsp3) is 0.571. The highest BCUT2D eigenvalue weighted by molar-refractivity contribution is 5.78. The van der Waals surface area contributed by atoms with E-state index in [4.69, 9.17) is 9.84 Å². The zero-order valence-corrected chi connectivity index (χ0v) is 11.1. The number of pyridine rings is 1. The number of ether oxygens (including phenoxy) is 1. The van der Waals surface area contributed by atoms with Gasteiger partial charge in [0.05, 0.1) is 18.7 Å². The molecule has 5 nitrogen and oxygen atoms in total. The Kier molecular flexibility index (Phi) is 4.74. The standard InChI is InChI=1S/C14H20N2O3/c1-2-19-14-5-3-4-11(16-14)8-13(18)15-12-6-10(7-12)9-17/h3-5,10,12,17H,2,6-9H2,1H3,(H,15,18). The highest BCUT2D eigenvalue weighted by Gasteiger charge is 2.29. The number of nitrogens with one attached hydrogen (secondary N) is 1. The molecule has 5 heteroatoms. The summed E-state index contributed by atoms with van der Waals surface area (Å²) in [5.74, 6) is 0.879. The zero-order chi connectivity index (χ0) is 13.7. The largest absolute Gasteiger partial charge is 0.478 e. The molecule has 0 spiro atoms. The summed E-state index contributed by atoms with van der Waals surface area (Å²) >= 11 is 0. The maximum Gasteiger partial charge on any atom is 0.226 e. The molecular weight excluding hydrogens is 244 g/mol. The summed E-state index contributed by atoms with van der Waals surface area (Å²) in [5.41, 5.74) is 0.710. The lowest BCUT2D eigenvalue weighted by atomic mass is 9.81. The van der Waals surface area contributed by atoms with E-state index in [1.54, 1.807) is 6.07 Å². The average Bonchev–Trinajstić information content (AvgIpc) is 2.34. The summed E-state index contributed by atoms with van der Waals surface area (Å²) in [6.45, 7) is 2.67. The van der Waals surface area contributed by atoms with Gasteiger partial charge in [0.15, 0.2) is 0 Å². The lowest BCUT2D eigenvalue weighted by Gasteiger charge is -2.34. The number of carbonyl (C=O) groups excluding carboxylic acids is 1. The molecule has 19 heavy (non-hydrogen) atoms. The van der Waals surface area contributed by atoms with Crippen LogP contribution in [0.25, 0.3) is 0 Å². The third-order valence-corrected chi connectivity index (χ3v) is 3.27. The van der Waals surface area contributed by atoms with Gasteiger partial charge < -0.3 is 15.2 Å². The molecule has 1 aliphatic carbocycles. The normalized spacial score (nSPS) is 21.6. The van der Waals surface area contributed by atoms with Crippen LogP contribution in [0, 0.1) is 5.92 Å². The van der Waals surface area contributed by atoms with Gasteiger partial charge in [-0.25, -0.2) is 4.98 Å². The Morgan fingerprint density at radius 3 is 3.00 bits per heavy atom. The fourth-order valence-corrected chi connectivity index (χ4v) is 2.23. The molecule has 1 fully saturated rings. The van der Waals surface area contributed by atoms with Gasteiger partial charge in [0.2, 0.25) is 11.8 Å². The Morgan fingerprint density at radius 2 is 2.32 bits per heavy atom. The maximum atomic E-state index is 11.8. The minimum Gasteiger partial charge on any atom is -0.478 e. The van der Waals surface area contributed by atoms with E-state index in [1.807, 2.05) is 19.1 Å². The summed E-state index contributed by atoms with van der Waals surface area (Å²) in [5, 5.41) is 11.9. The predicted octanol–water partition coefficient (Wildman–Crippen LogP) is 0.910.